The summed E-state index contributed by atoms with van der Waals surface area (Å²) in [6.07, 6.45) is 4.88. The number of aryl methyl sites for hydroxylation is 1. The number of rotatable bonds is 12. The summed E-state index contributed by atoms with van der Waals surface area (Å²) in [6, 6.07) is 2.02. The Morgan fingerprint density at radius 1 is 0.935 bits per heavy atom. The van der Waals surface area contributed by atoms with Gasteiger partial charge >= 0.3 is 24.0 Å². The molecule has 0 aliphatic heterocycles. The maximum Gasteiger partial charge on any atom is 0.341 e. The Hall–Kier alpha value is -3.52. The number of nitroso groups, excluding NO2 is 2. The van der Waals surface area contributed by atoms with Crippen LogP contribution in [0.25, 0.3) is 0 Å². The highest BCUT2D eigenvalue weighted by Gasteiger charge is 2.56. The lowest BCUT2D eigenvalue weighted by molar-refractivity contribution is -0.159. The number of carbonyl (C=O) groups is 4. The third-order valence-electron chi connectivity index (χ3n) is 9.73. The van der Waals surface area contributed by atoms with E-state index in [-0.39, 0.29) is 36.4 Å². The number of nitrogens with one attached hydrogen (secondary N) is 2. The minimum Gasteiger partial charge on any atom is -0.460 e. The van der Waals surface area contributed by atoms with Crippen LogP contribution in [0, 0.1) is 27.1 Å². The van der Waals surface area contributed by atoms with Crippen LogP contribution in [0.15, 0.2) is 28.8 Å². The Morgan fingerprint density at radius 3 is 2.13 bits per heavy atom. The molecule has 3 aliphatic rings. The van der Waals surface area contributed by atoms with Gasteiger partial charge in [-0.15, -0.1) is 33.0 Å². The lowest BCUT2D eigenvalue weighted by Crippen LogP contribution is -2.49. The fourth-order valence-corrected chi connectivity index (χ4v) is 7.69. The number of ether oxygens (including phenoxy) is 2. The standard InChI is InChI=1S/C30H40Cl2N6O8/c1-17(33-28(41)37(35-43)14-12-31)26(39)45-20-5-7-21-19(16-20)4-6-23-22(21)10-11-30(3)24(23)8-9-25(30)46-27(40)18(2)34-29(42)38(36-44)15-13-32/h5,7,16-18,22-25H,4,6,8-15H2,1-3H3,(H,33,41)(H,34,42)/t17?,18?,22-,23-,24+,25+,30+/m1/s1. The van der Waals surface area contributed by atoms with Gasteiger partial charge in [0.05, 0.1) is 23.7 Å². The van der Waals surface area contributed by atoms with Gasteiger partial charge in [-0.3, -0.25) is 0 Å². The molecule has 0 saturated heterocycles. The molecule has 2 unspecified atom stereocenters. The first kappa shape index (κ1) is 35.3. The molecule has 7 atom stereocenters. The number of carbonyl (C=O) groups excluding carboxylic acids is 4. The second-order valence-corrected chi connectivity index (χ2v) is 13.1. The Labute approximate surface area is 277 Å². The molecule has 1 aromatic rings. The van der Waals surface area contributed by atoms with E-state index in [4.69, 9.17) is 32.7 Å². The zero-order valence-electron chi connectivity index (χ0n) is 26.1. The van der Waals surface area contributed by atoms with Gasteiger partial charge in [-0.1, -0.05) is 13.0 Å². The van der Waals surface area contributed by atoms with Crippen LogP contribution in [0.2, 0.25) is 0 Å². The summed E-state index contributed by atoms with van der Waals surface area (Å²) >= 11 is 11.2. The molecule has 2 fully saturated rings. The van der Waals surface area contributed by atoms with Gasteiger partial charge in [-0.2, -0.15) is 10.0 Å². The van der Waals surface area contributed by atoms with Crippen LogP contribution in [0.3, 0.4) is 0 Å². The van der Waals surface area contributed by atoms with E-state index in [0.29, 0.717) is 33.5 Å². The Morgan fingerprint density at radius 2 is 1.54 bits per heavy atom. The van der Waals surface area contributed by atoms with Crippen LogP contribution < -0.4 is 15.4 Å². The fraction of sp³-hybridized carbons (Fsp3) is 0.667. The zero-order valence-corrected chi connectivity index (χ0v) is 27.6. The number of nitrogens with zero attached hydrogens (tertiary/aromatic N) is 4. The minimum atomic E-state index is -1.02. The largest absolute Gasteiger partial charge is 0.460 e. The van der Waals surface area contributed by atoms with Crippen molar-refractivity contribution in [2.24, 2.45) is 27.8 Å². The van der Waals surface area contributed by atoms with Gasteiger partial charge in [0.25, 0.3) is 0 Å². The topological polar surface area (TPSA) is 176 Å². The quantitative estimate of drug-likeness (QED) is 0.102. The van der Waals surface area contributed by atoms with Gasteiger partial charge in [-0.25, -0.2) is 19.2 Å². The molecule has 16 heteroatoms. The SMILES string of the molecule is CC(NC(=O)N(CCCl)N=O)C(=O)Oc1ccc2c(c1)CC[C@@H]1[C@@H]2CC[C@]2(C)[C@@H](OC(=O)C(C)NC(=O)N(CCCl)N=O)CC[C@@H]12. The van der Waals surface area contributed by atoms with Crippen LogP contribution in [-0.4, -0.2) is 77.1 Å². The second-order valence-electron chi connectivity index (χ2n) is 12.4. The molecule has 0 bridgehead atoms. The van der Waals surface area contributed by atoms with Crippen molar-refractivity contribution in [2.75, 3.05) is 24.8 Å². The van der Waals surface area contributed by atoms with Gasteiger partial charge in [0.1, 0.15) is 23.9 Å². The Balaban J connectivity index is 1.36. The van der Waals surface area contributed by atoms with Crippen LogP contribution in [-0.2, 0) is 20.7 Å². The van der Waals surface area contributed by atoms with Crippen molar-refractivity contribution in [1.82, 2.24) is 20.7 Å². The van der Waals surface area contributed by atoms with E-state index < -0.39 is 36.1 Å². The van der Waals surface area contributed by atoms with Gasteiger partial charge < -0.3 is 20.1 Å². The summed E-state index contributed by atoms with van der Waals surface area (Å²) in [5.74, 6) is 0.253. The van der Waals surface area contributed by atoms with E-state index in [9.17, 15) is 29.0 Å². The van der Waals surface area contributed by atoms with E-state index >= 15 is 0 Å². The van der Waals surface area contributed by atoms with E-state index in [2.05, 4.69) is 28.1 Å². The van der Waals surface area contributed by atoms with E-state index in [1.54, 1.807) is 6.07 Å². The molecule has 2 N–H and O–H groups in total. The molecular weight excluding hydrogens is 643 g/mol. The molecule has 0 aromatic heterocycles. The van der Waals surface area contributed by atoms with Crippen molar-refractivity contribution in [1.29, 1.82) is 0 Å². The normalized spacial score (nSPS) is 25.8. The van der Waals surface area contributed by atoms with Gasteiger partial charge in [0.15, 0.2) is 0 Å². The van der Waals surface area contributed by atoms with Crippen molar-refractivity contribution < 1.29 is 28.7 Å². The van der Waals surface area contributed by atoms with Gasteiger partial charge in [-0.05, 0) is 93.4 Å². The lowest BCUT2D eigenvalue weighted by atomic mass is 9.55. The number of amides is 4. The number of benzene rings is 1. The molecule has 3 aliphatic carbocycles. The van der Waals surface area contributed by atoms with Crippen molar-refractivity contribution in [3.8, 4) is 5.75 Å². The summed E-state index contributed by atoms with van der Waals surface area (Å²) in [7, 11) is 0. The average molecular weight is 684 g/mol. The van der Waals surface area contributed by atoms with Crippen LogP contribution in [0.1, 0.15) is 69.9 Å². The van der Waals surface area contributed by atoms with Crippen LogP contribution in [0.4, 0.5) is 9.59 Å². The van der Waals surface area contributed by atoms with E-state index in [1.165, 1.54) is 19.4 Å². The van der Waals surface area contributed by atoms with Crippen LogP contribution in [0.5, 0.6) is 5.75 Å². The monoisotopic (exact) mass is 682 g/mol. The smallest absolute Gasteiger partial charge is 0.341 e. The second kappa shape index (κ2) is 15.4. The number of esters is 2. The highest BCUT2D eigenvalue weighted by atomic mass is 35.5. The lowest BCUT2D eigenvalue weighted by Gasteiger charge is -2.50. The van der Waals surface area contributed by atoms with Crippen LogP contribution >= 0.6 is 23.2 Å². The predicted molar refractivity (Wildman–Crippen MR) is 169 cm³/mol. The molecule has 0 heterocycles. The predicted octanol–water partition coefficient (Wildman–Crippen LogP) is 5.00. The molecular formula is C30H40Cl2N6O8. The molecule has 46 heavy (non-hydrogen) atoms. The van der Waals surface area contributed by atoms with Crippen molar-refractivity contribution in [3.05, 3.63) is 39.1 Å². The molecule has 2 saturated carbocycles. The first-order valence-corrected chi connectivity index (χ1v) is 16.5. The molecule has 4 amide bonds. The van der Waals surface area contributed by atoms with Crippen molar-refractivity contribution >= 4 is 47.2 Å². The fourth-order valence-electron chi connectivity index (χ4n) is 7.37. The molecule has 252 valence electrons. The number of halogens is 2. The number of fused-ring (bicyclic) bond motifs is 5. The minimum absolute atomic E-state index is 0.0147. The number of hydrogen-bond donors (Lipinski definition) is 2. The molecule has 0 spiro atoms. The molecule has 1 aromatic carbocycles. The zero-order chi connectivity index (χ0) is 33.6. The molecule has 4 rings (SSSR count). The summed E-state index contributed by atoms with van der Waals surface area (Å²) in [5.41, 5.74) is 2.14. The number of hydrogen-bond acceptors (Lipinski definition) is 10. The summed E-state index contributed by atoms with van der Waals surface area (Å²) in [6.45, 7) is 4.99. The maximum atomic E-state index is 13.0. The summed E-state index contributed by atoms with van der Waals surface area (Å²) in [5, 5.41) is 11.3. The Kier molecular flexibility index (Phi) is 11.8. The molecule has 0 radical (unpaired) electrons. The van der Waals surface area contributed by atoms with Gasteiger partial charge in [0, 0.05) is 17.2 Å². The highest BCUT2D eigenvalue weighted by molar-refractivity contribution is 6.18. The maximum absolute atomic E-state index is 13.0. The highest BCUT2D eigenvalue weighted by Crippen LogP contribution is 2.61. The summed E-state index contributed by atoms with van der Waals surface area (Å²) in [4.78, 5) is 71.8. The first-order chi connectivity index (χ1) is 22.0. The van der Waals surface area contributed by atoms with Gasteiger partial charge in [0.2, 0.25) is 0 Å². The van der Waals surface area contributed by atoms with Crippen molar-refractivity contribution in [2.45, 2.75) is 83.4 Å². The van der Waals surface area contributed by atoms with Crippen molar-refractivity contribution in [3.63, 3.8) is 0 Å². The average Bonchev–Trinajstić information content (AvgIpc) is 3.37. The third-order valence-corrected chi connectivity index (χ3v) is 10.1. The molecule has 14 nitrogen and oxygen atoms in total. The summed E-state index contributed by atoms with van der Waals surface area (Å²) < 4.78 is 11.5. The first-order valence-electron chi connectivity index (χ1n) is 15.5. The van der Waals surface area contributed by atoms with E-state index in [1.807, 2.05) is 12.1 Å². The number of urea groups is 2. The van der Waals surface area contributed by atoms with E-state index in [0.717, 1.165) is 44.1 Å². The Bertz CT molecular complexity index is 1340. The number of alkyl halides is 2. The third kappa shape index (κ3) is 7.54.